The van der Waals surface area contributed by atoms with Crippen molar-refractivity contribution < 1.29 is 19.1 Å². The first-order valence-electron chi connectivity index (χ1n) is 10.8. The number of nitrogens with zero attached hydrogens (tertiary/aromatic N) is 2. The van der Waals surface area contributed by atoms with E-state index in [-0.39, 0.29) is 12.7 Å². The molecule has 1 aliphatic rings. The van der Waals surface area contributed by atoms with Crippen molar-refractivity contribution in [2.75, 3.05) is 19.7 Å². The van der Waals surface area contributed by atoms with E-state index in [0.717, 1.165) is 22.6 Å². The smallest absolute Gasteiger partial charge is 0.145 e. The Balaban J connectivity index is 1.36. The predicted molar refractivity (Wildman–Crippen MR) is 129 cm³/mol. The quantitative estimate of drug-likeness (QED) is 0.403. The van der Waals surface area contributed by atoms with E-state index >= 15 is 0 Å². The van der Waals surface area contributed by atoms with Gasteiger partial charge < -0.3 is 19.1 Å². The molecule has 33 heavy (non-hydrogen) atoms. The van der Waals surface area contributed by atoms with E-state index in [2.05, 4.69) is 10.1 Å². The second-order valence-electron chi connectivity index (χ2n) is 8.02. The van der Waals surface area contributed by atoms with E-state index in [0.29, 0.717) is 42.7 Å². The molecule has 2 unspecified atom stereocenters. The summed E-state index contributed by atoms with van der Waals surface area (Å²) in [5.41, 5.74) is 2.77. The summed E-state index contributed by atoms with van der Waals surface area (Å²) in [6.45, 7) is 2.11. The van der Waals surface area contributed by atoms with Crippen LogP contribution in [0, 0.1) is 0 Å². The fraction of sp³-hybridized carbons (Fsp3) is 0.320. The van der Waals surface area contributed by atoms with Crippen molar-refractivity contribution in [1.82, 2.24) is 4.90 Å². The maximum atomic E-state index is 10.6. The molecule has 174 valence electrons. The van der Waals surface area contributed by atoms with Gasteiger partial charge in [0.15, 0.2) is 0 Å². The van der Waals surface area contributed by atoms with Gasteiger partial charge in [0.1, 0.15) is 18.5 Å². The Morgan fingerprint density at radius 2 is 2.00 bits per heavy atom. The van der Waals surface area contributed by atoms with Gasteiger partial charge in [0.2, 0.25) is 0 Å². The molecule has 0 saturated carbocycles. The number of hydrogen-bond donors (Lipinski definition) is 1. The predicted octanol–water partition coefficient (Wildman–Crippen LogP) is 5.16. The minimum atomic E-state index is -0.676. The topological polar surface area (TPSA) is 67.4 Å². The summed E-state index contributed by atoms with van der Waals surface area (Å²) >= 11 is 12.5. The molecule has 8 heteroatoms. The van der Waals surface area contributed by atoms with Crippen LogP contribution in [0.4, 0.5) is 0 Å². The number of aliphatic hydroxyl groups excluding tert-OH is 1. The molecule has 2 aromatic carbocycles. The van der Waals surface area contributed by atoms with Crippen LogP contribution in [0.3, 0.4) is 0 Å². The normalized spacial score (nSPS) is 16.6. The average molecular weight is 489 g/mol. The molecule has 0 aliphatic carbocycles. The first kappa shape index (κ1) is 23.8. The number of rotatable bonds is 11. The number of furan rings is 1. The molecule has 2 atom stereocenters. The first-order valence-corrected chi connectivity index (χ1v) is 11.5. The van der Waals surface area contributed by atoms with Crippen LogP contribution in [-0.2, 0) is 22.7 Å². The molecule has 0 fully saturated rings. The molecule has 0 bridgehead atoms. The molecule has 1 aromatic heterocycles. The number of benzene rings is 2. The zero-order valence-corrected chi connectivity index (χ0v) is 19.6. The minimum absolute atomic E-state index is 0.147. The molecule has 1 aliphatic heterocycles. The number of halogens is 2. The molecule has 4 rings (SSSR count). The highest BCUT2D eigenvalue weighted by Crippen LogP contribution is 2.24. The molecular formula is C25H26Cl2N2O4. The van der Waals surface area contributed by atoms with Crippen LogP contribution in [0.1, 0.15) is 23.3 Å². The van der Waals surface area contributed by atoms with Crippen molar-refractivity contribution in [3.63, 3.8) is 0 Å². The maximum Gasteiger partial charge on any atom is 0.145 e. The van der Waals surface area contributed by atoms with Crippen LogP contribution in [-0.4, -0.2) is 47.6 Å². The van der Waals surface area contributed by atoms with Crippen LogP contribution in [0.5, 0.6) is 0 Å². The molecular weight excluding hydrogens is 463 g/mol. The van der Waals surface area contributed by atoms with Gasteiger partial charge in [-0.2, -0.15) is 0 Å². The minimum Gasteiger partial charge on any atom is -0.467 e. The Bertz CT molecular complexity index is 1060. The second-order valence-corrected chi connectivity index (χ2v) is 8.87. The molecule has 0 radical (unpaired) electrons. The lowest BCUT2D eigenvalue weighted by Gasteiger charge is -2.27. The van der Waals surface area contributed by atoms with Gasteiger partial charge >= 0.3 is 0 Å². The first-order chi connectivity index (χ1) is 16.1. The third-order valence-corrected chi connectivity index (χ3v) is 5.84. The van der Waals surface area contributed by atoms with Crippen molar-refractivity contribution >= 4 is 28.9 Å². The standard InChI is InChI=1S/C25H26Cl2N2O4/c26-19-6-3-5-18(11-19)13-29(14-20(30)16-31-17-21-7-4-10-32-21)15-22-12-25(28-33-22)23-8-1-2-9-24(23)27/h1-11,20,22,30H,12-17H2. The summed E-state index contributed by atoms with van der Waals surface area (Å²) in [4.78, 5) is 7.84. The van der Waals surface area contributed by atoms with Crippen LogP contribution in [0.25, 0.3) is 0 Å². The Morgan fingerprint density at radius 3 is 2.79 bits per heavy atom. The Kier molecular flexibility index (Phi) is 8.42. The Morgan fingerprint density at radius 1 is 1.12 bits per heavy atom. The lowest BCUT2D eigenvalue weighted by Crippen LogP contribution is -2.39. The van der Waals surface area contributed by atoms with E-state index in [1.54, 1.807) is 6.26 Å². The highest BCUT2D eigenvalue weighted by Gasteiger charge is 2.26. The van der Waals surface area contributed by atoms with Crippen LogP contribution in [0.2, 0.25) is 10.0 Å². The van der Waals surface area contributed by atoms with Gasteiger partial charge in [-0.05, 0) is 35.9 Å². The monoisotopic (exact) mass is 488 g/mol. The van der Waals surface area contributed by atoms with E-state index < -0.39 is 6.10 Å². The summed E-state index contributed by atoms with van der Waals surface area (Å²) in [5, 5.41) is 16.2. The van der Waals surface area contributed by atoms with Gasteiger partial charge in [0, 0.05) is 41.7 Å². The molecule has 0 spiro atoms. The molecule has 1 N–H and O–H groups in total. The van der Waals surface area contributed by atoms with Gasteiger partial charge in [-0.15, -0.1) is 0 Å². The zero-order valence-electron chi connectivity index (χ0n) is 18.1. The summed E-state index contributed by atoms with van der Waals surface area (Å²) in [7, 11) is 0. The fourth-order valence-electron chi connectivity index (χ4n) is 3.81. The lowest BCUT2D eigenvalue weighted by atomic mass is 10.0. The number of ether oxygens (including phenoxy) is 1. The van der Waals surface area contributed by atoms with Crippen molar-refractivity contribution in [2.24, 2.45) is 5.16 Å². The van der Waals surface area contributed by atoms with E-state index in [4.69, 9.17) is 37.2 Å². The van der Waals surface area contributed by atoms with Gasteiger partial charge in [0.05, 0.1) is 24.7 Å². The zero-order chi connectivity index (χ0) is 23.0. The van der Waals surface area contributed by atoms with Gasteiger partial charge in [-0.25, -0.2) is 0 Å². The van der Waals surface area contributed by atoms with Crippen molar-refractivity contribution in [2.45, 2.75) is 31.8 Å². The van der Waals surface area contributed by atoms with Crippen molar-refractivity contribution in [1.29, 1.82) is 0 Å². The van der Waals surface area contributed by atoms with E-state index in [1.165, 1.54) is 0 Å². The van der Waals surface area contributed by atoms with E-state index in [9.17, 15) is 5.11 Å². The Hall–Kier alpha value is -2.35. The Labute approximate surface area is 203 Å². The average Bonchev–Trinajstić information content (AvgIpc) is 3.46. The number of aliphatic hydroxyl groups is 1. The summed E-state index contributed by atoms with van der Waals surface area (Å²) < 4.78 is 10.9. The highest BCUT2D eigenvalue weighted by molar-refractivity contribution is 6.34. The highest BCUT2D eigenvalue weighted by atomic mass is 35.5. The van der Waals surface area contributed by atoms with Gasteiger partial charge in [-0.3, -0.25) is 4.90 Å². The van der Waals surface area contributed by atoms with Crippen LogP contribution in [0.15, 0.2) is 76.5 Å². The SMILES string of the molecule is OC(COCc1ccco1)CN(Cc1cccc(Cl)c1)CC1CC(c2ccccc2Cl)=NO1. The molecule has 0 amide bonds. The molecule has 0 saturated heterocycles. The third kappa shape index (κ3) is 7.06. The van der Waals surface area contributed by atoms with Crippen molar-refractivity contribution in [3.05, 3.63) is 93.9 Å². The molecule has 6 nitrogen and oxygen atoms in total. The summed E-state index contributed by atoms with van der Waals surface area (Å²) in [6, 6.07) is 19.0. The lowest BCUT2D eigenvalue weighted by molar-refractivity contribution is -0.00955. The van der Waals surface area contributed by atoms with Gasteiger partial charge in [0.25, 0.3) is 0 Å². The summed E-state index contributed by atoms with van der Waals surface area (Å²) in [6.07, 6.45) is 1.42. The third-order valence-electron chi connectivity index (χ3n) is 5.28. The molecule has 2 heterocycles. The van der Waals surface area contributed by atoms with Crippen molar-refractivity contribution in [3.8, 4) is 0 Å². The fourth-order valence-corrected chi connectivity index (χ4v) is 4.26. The van der Waals surface area contributed by atoms with Crippen LogP contribution < -0.4 is 0 Å². The second kappa shape index (κ2) is 11.7. The summed E-state index contributed by atoms with van der Waals surface area (Å²) in [5.74, 6) is 0.724. The largest absolute Gasteiger partial charge is 0.467 e. The van der Waals surface area contributed by atoms with Gasteiger partial charge in [-0.1, -0.05) is 58.7 Å². The van der Waals surface area contributed by atoms with E-state index in [1.807, 2.05) is 60.7 Å². The van der Waals surface area contributed by atoms with Crippen LogP contribution >= 0.6 is 23.2 Å². The number of oxime groups is 1. The maximum absolute atomic E-state index is 10.6. The number of hydrogen-bond acceptors (Lipinski definition) is 6. The molecule has 3 aromatic rings.